The molecule has 0 heterocycles. The maximum atomic E-state index is 11.1. The van der Waals surface area contributed by atoms with Gasteiger partial charge in [-0.3, -0.25) is 0 Å². The molecule has 0 aliphatic heterocycles. The summed E-state index contributed by atoms with van der Waals surface area (Å²) in [5.41, 5.74) is 1.05. The molecule has 2 atom stereocenters. The van der Waals surface area contributed by atoms with E-state index in [9.17, 15) is 19.9 Å². The van der Waals surface area contributed by atoms with Crippen LogP contribution in [0.1, 0.15) is 18.4 Å². The molecule has 0 bridgehead atoms. The molecule has 1 aliphatic carbocycles. The van der Waals surface area contributed by atoms with Gasteiger partial charge in [-0.05, 0) is 55.2 Å². The highest BCUT2D eigenvalue weighted by molar-refractivity contribution is 7.50. The van der Waals surface area contributed by atoms with Crippen LogP contribution in [0.4, 0.5) is 0 Å². The van der Waals surface area contributed by atoms with Gasteiger partial charge in [0.05, 0.1) is 11.8 Å². The topological polar surface area (TPSA) is 131 Å². The van der Waals surface area contributed by atoms with Crippen molar-refractivity contribution in [3.8, 4) is 5.75 Å². The zero-order chi connectivity index (χ0) is 17.7. The first-order chi connectivity index (χ1) is 11.2. The van der Waals surface area contributed by atoms with E-state index in [1.807, 2.05) is 0 Å². The van der Waals surface area contributed by atoms with E-state index >= 15 is 0 Å². The maximum Gasteiger partial charge on any atom is 0.448 e. The van der Waals surface area contributed by atoms with E-state index in [4.69, 9.17) is 9.79 Å². The van der Waals surface area contributed by atoms with Crippen LogP contribution in [0.15, 0.2) is 53.0 Å². The molecule has 5 N–H and O–H groups in total. The molecule has 2 unspecified atom stereocenters. The largest absolute Gasteiger partial charge is 0.508 e. The predicted octanol–water partition coefficient (Wildman–Crippen LogP) is 2.24. The van der Waals surface area contributed by atoms with Gasteiger partial charge in [0.15, 0.2) is 0 Å². The molecule has 8 heteroatoms. The lowest BCUT2D eigenvalue weighted by Crippen LogP contribution is -2.27. The van der Waals surface area contributed by atoms with Crippen LogP contribution in [-0.2, 0) is 11.0 Å². The minimum absolute atomic E-state index is 0.0401. The Morgan fingerprint density at radius 1 is 1.12 bits per heavy atom. The number of allylic oxidation sites excluding steroid dienone is 2. The van der Waals surface area contributed by atoms with Crippen molar-refractivity contribution in [3.05, 3.63) is 53.8 Å². The summed E-state index contributed by atoms with van der Waals surface area (Å²) in [6.45, 7) is 0. The van der Waals surface area contributed by atoms with Crippen molar-refractivity contribution in [2.75, 3.05) is 0 Å². The second-order valence-corrected chi connectivity index (χ2v) is 6.84. The Kier molecular flexibility index (Phi) is 5.96. The molecule has 0 saturated carbocycles. The summed E-state index contributed by atoms with van der Waals surface area (Å²) < 4.78 is 14.4. The van der Waals surface area contributed by atoms with Gasteiger partial charge in [-0.1, -0.05) is 12.1 Å². The predicted molar refractivity (Wildman–Crippen MR) is 89.9 cm³/mol. The normalized spacial score (nSPS) is 20.9. The van der Waals surface area contributed by atoms with Crippen LogP contribution < -0.4 is 0 Å². The maximum absolute atomic E-state index is 11.1. The molecule has 1 aromatic rings. The molecule has 0 spiro atoms. The van der Waals surface area contributed by atoms with Gasteiger partial charge in [-0.25, -0.2) is 4.57 Å². The van der Waals surface area contributed by atoms with Crippen LogP contribution >= 0.6 is 7.75 Å². The third-order valence-corrected chi connectivity index (χ3v) is 4.17. The lowest BCUT2D eigenvalue weighted by Gasteiger charge is -2.23. The summed E-state index contributed by atoms with van der Waals surface area (Å²) in [6, 6.07) is 6.75. The Morgan fingerprint density at radius 2 is 1.79 bits per heavy atom. The highest BCUT2D eigenvalue weighted by atomic mass is 31.2. The number of aliphatic hydroxyl groups excluding tert-OH is 2. The number of aryl methyl sites for hydroxylation is 1. The Hall–Kier alpha value is -1.92. The molecule has 0 saturated heterocycles. The summed E-state index contributed by atoms with van der Waals surface area (Å²) in [5, 5.41) is 29.1. The van der Waals surface area contributed by atoms with Crippen molar-refractivity contribution >= 4 is 13.5 Å². The monoisotopic (exact) mass is 353 g/mol. The number of aliphatic hydroxyl groups is 2. The van der Waals surface area contributed by atoms with Gasteiger partial charge >= 0.3 is 7.75 Å². The van der Waals surface area contributed by atoms with Gasteiger partial charge in [0, 0.05) is 5.92 Å². The van der Waals surface area contributed by atoms with Crippen LogP contribution in [0.2, 0.25) is 0 Å². The van der Waals surface area contributed by atoms with Crippen LogP contribution in [0.25, 0.3) is 0 Å². The van der Waals surface area contributed by atoms with Crippen LogP contribution in [0.5, 0.6) is 5.75 Å². The van der Waals surface area contributed by atoms with E-state index in [1.54, 1.807) is 24.3 Å². The Morgan fingerprint density at radius 3 is 2.42 bits per heavy atom. The van der Waals surface area contributed by atoms with Crippen molar-refractivity contribution in [2.24, 2.45) is 10.7 Å². The standard InChI is InChI=1S/C16H20NO6P/c18-12-6-4-11(5-7-12)2-1-3-16(20)14-10-13(19)8-9-15(14)17-24(21,22)23/h4-10,14,16,18-20H,1-3H2,(H2,21,22,23)/b17-15+. The molecule has 0 amide bonds. The van der Waals surface area contributed by atoms with Crippen LogP contribution in [0.3, 0.4) is 0 Å². The summed E-state index contributed by atoms with van der Waals surface area (Å²) in [6.07, 6.45) is 4.64. The van der Waals surface area contributed by atoms with E-state index < -0.39 is 19.8 Å². The fourth-order valence-corrected chi connectivity index (χ4v) is 3.02. The second kappa shape index (κ2) is 7.77. The lowest BCUT2D eigenvalue weighted by molar-refractivity contribution is 0.142. The van der Waals surface area contributed by atoms with Crippen molar-refractivity contribution in [3.63, 3.8) is 0 Å². The van der Waals surface area contributed by atoms with E-state index in [2.05, 4.69) is 4.76 Å². The molecular formula is C16H20NO6P. The average Bonchev–Trinajstić information content (AvgIpc) is 2.49. The summed E-state index contributed by atoms with van der Waals surface area (Å²) in [4.78, 5) is 18.0. The van der Waals surface area contributed by atoms with Crippen molar-refractivity contribution in [1.29, 1.82) is 0 Å². The molecule has 1 aromatic carbocycles. The van der Waals surface area contributed by atoms with Gasteiger partial charge in [0.1, 0.15) is 11.5 Å². The number of hydrogen-bond donors (Lipinski definition) is 5. The van der Waals surface area contributed by atoms with Crippen molar-refractivity contribution < 1.29 is 29.7 Å². The van der Waals surface area contributed by atoms with E-state index in [0.717, 1.165) is 5.56 Å². The number of hydrogen-bond acceptors (Lipinski definition) is 4. The van der Waals surface area contributed by atoms with Crippen LogP contribution in [-0.4, -0.2) is 36.9 Å². The number of phenolic OH excluding ortho intramolecular Hbond substituents is 1. The highest BCUT2D eigenvalue weighted by Crippen LogP contribution is 2.38. The summed E-state index contributed by atoms with van der Waals surface area (Å²) in [7, 11) is -4.62. The zero-order valence-electron chi connectivity index (χ0n) is 12.9. The van der Waals surface area contributed by atoms with Gasteiger partial charge < -0.3 is 25.1 Å². The van der Waals surface area contributed by atoms with Crippen molar-refractivity contribution in [1.82, 2.24) is 0 Å². The minimum Gasteiger partial charge on any atom is -0.508 e. The fraction of sp³-hybridized carbons (Fsp3) is 0.312. The van der Waals surface area contributed by atoms with E-state index in [0.29, 0.717) is 19.3 Å². The number of nitrogens with zero attached hydrogens (tertiary/aromatic N) is 1. The number of phenols is 1. The molecule has 7 nitrogen and oxygen atoms in total. The molecule has 0 radical (unpaired) electrons. The smallest absolute Gasteiger partial charge is 0.448 e. The van der Waals surface area contributed by atoms with Gasteiger partial charge in [0.2, 0.25) is 0 Å². The SMILES string of the molecule is O=P(O)(O)/N=C1\C=CC(O)=CC1C(O)CCCc1ccc(O)cc1. The molecule has 1 aliphatic rings. The zero-order valence-corrected chi connectivity index (χ0v) is 13.8. The molecule has 2 rings (SSSR count). The first-order valence-electron chi connectivity index (χ1n) is 7.45. The first kappa shape index (κ1) is 18.4. The van der Waals surface area contributed by atoms with Gasteiger partial charge in [0.25, 0.3) is 0 Å². The molecule has 130 valence electrons. The third kappa shape index (κ3) is 5.62. The molecule has 24 heavy (non-hydrogen) atoms. The first-order valence-corrected chi connectivity index (χ1v) is 9.01. The number of aromatic hydroxyl groups is 1. The molecular weight excluding hydrogens is 333 g/mol. The Balaban J connectivity index is 1.99. The van der Waals surface area contributed by atoms with Gasteiger partial charge in [-0.2, -0.15) is 4.76 Å². The lowest BCUT2D eigenvalue weighted by atomic mass is 9.89. The number of rotatable bonds is 6. The van der Waals surface area contributed by atoms with Gasteiger partial charge in [-0.15, -0.1) is 0 Å². The van der Waals surface area contributed by atoms with Crippen molar-refractivity contribution in [2.45, 2.75) is 25.4 Å². The third-order valence-electron chi connectivity index (χ3n) is 3.68. The van der Waals surface area contributed by atoms with E-state index in [-0.39, 0.29) is 17.2 Å². The Bertz CT molecular complexity index is 704. The quantitative estimate of drug-likeness (QED) is 0.499. The van der Waals surface area contributed by atoms with Crippen LogP contribution in [0, 0.1) is 5.92 Å². The van der Waals surface area contributed by atoms with E-state index in [1.165, 1.54) is 18.2 Å². The number of benzene rings is 1. The second-order valence-electron chi connectivity index (χ2n) is 5.61. The fourth-order valence-electron chi connectivity index (χ4n) is 2.52. The average molecular weight is 353 g/mol. The summed E-state index contributed by atoms with van der Waals surface area (Å²) in [5.74, 6) is -0.670. The highest BCUT2D eigenvalue weighted by Gasteiger charge is 2.26. The summed E-state index contributed by atoms with van der Waals surface area (Å²) >= 11 is 0. The Labute approximate surface area is 139 Å². The minimum atomic E-state index is -4.62. The molecule has 0 aromatic heterocycles. The molecule has 0 fully saturated rings.